The zero-order valence-corrected chi connectivity index (χ0v) is 24.6. The largest absolute Gasteiger partial charge is 0.480 e. The quantitative estimate of drug-likeness (QED) is 0.166. The third kappa shape index (κ3) is 10.2. The number of carbonyl (C=O) groups excluding carboxylic acids is 4. The molecule has 2 aromatic rings. The highest BCUT2D eigenvalue weighted by atomic mass is 16.4. The molecule has 0 aliphatic carbocycles. The Kier molecular flexibility index (Phi) is 12.3. The number of aliphatic carboxylic acids is 1. The maximum absolute atomic E-state index is 13.0. The minimum atomic E-state index is -1.16. The number of nitrogens with two attached hydrogens (primary N) is 1. The van der Waals surface area contributed by atoms with Gasteiger partial charge in [-0.25, -0.2) is 4.79 Å². The Labute approximate surface area is 240 Å². The molecule has 0 saturated carbocycles. The van der Waals surface area contributed by atoms with Crippen LogP contribution in [0.3, 0.4) is 0 Å². The lowest BCUT2D eigenvalue weighted by atomic mass is 10.0. The molecule has 0 unspecified atom stereocenters. The van der Waals surface area contributed by atoms with Gasteiger partial charge in [0.15, 0.2) is 0 Å². The number of H-pyrrole nitrogens is 1. The van der Waals surface area contributed by atoms with Crippen molar-refractivity contribution < 1.29 is 29.1 Å². The minimum absolute atomic E-state index is 0.0205. The van der Waals surface area contributed by atoms with Crippen molar-refractivity contribution in [1.29, 1.82) is 0 Å². The van der Waals surface area contributed by atoms with Gasteiger partial charge in [-0.3, -0.25) is 19.2 Å². The van der Waals surface area contributed by atoms with Crippen molar-refractivity contribution in [1.82, 2.24) is 26.3 Å². The summed E-state index contributed by atoms with van der Waals surface area (Å²) in [5, 5.41) is 20.6. The summed E-state index contributed by atoms with van der Waals surface area (Å²) in [4.78, 5) is 65.9. The lowest BCUT2D eigenvalue weighted by Gasteiger charge is -2.25. The van der Waals surface area contributed by atoms with E-state index in [1.54, 1.807) is 6.20 Å². The molecular weight excluding hydrogens is 528 g/mol. The first kappa shape index (κ1) is 33.3. The van der Waals surface area contributed by atoms with Gasteiger partial charge in [0.2, 0.25) is 23.6 Å². The van der Waals surface area contributed by atoms with Gasteiger partial charge < -0.3 is 37.1 Å². The standard InChI is InChI=1S/C29H44N6O6/c1-15(2)11-23(28(39)33-18(6)26(37)35-24(29(40)41)12-16(3)4)34-25(36)17(5)32-27(38)21(30)13-19-14-31-22-10-8-7-9-20(19)22/h7-10,14-18,21,23-24,31H,11-13,30H2,1-6H3,(H,32,38)(H,33,39)(H,34,36)(H,35,37)(H,40,41)/t17-,18-,21-,23-,24-/m0/s1. The smallest absolute Gasteiger partial charge is 0.326 e. The van der Waals surface area contributed by atoms with E-state index in [-0.39, 0.29) is 31.1 Å². The maximum atomic E-state index is 13.0. The molecule has 0 fully saturated rings. The zero-order chi connectivity index (χ0) is 30.9. The number of fused-ring (bicyclic) bond motifs is 1. The summed E-state index contributed by atoms with van der Waals surface area (Å²) in [7, 11) is 0. The van der Waals surface area contributed by atoms with Crippen LogP contribution in [0.15, 0.2) is 30.5 Å². The monoisotopic (exact) mass is 572 g/mol. The van der Waals surface area contributed by atoms with Crippen molar-refractivity contribution in [2.45, 2.75) is 91.0 Å². The van der Waals surface area contributed by atoms with Crippen LogP contribution in [0.1, 0.15) is 59.9 Å². The molecule has 41 heavy (non-hydrogen) atoms. The molecule has 1 aromatic heterocycles. The number of aromatic nitrogens is 1. The van der Waals surface area contributed by atoms with Crippen LogP contribution < -0.4 is 27.0 Å². The van der Waals surface area contributed by atoms with Crippen molar-refractivity contribution in [3.05, 3.63) is 36.0 Å². The summed E-state index contributed by atoms with van der Waals surface area (Å²) in [5.74, 6) is -3.44. The summed E-state index contributed by atoms with van der Waals surface area (Å²) in [6, 6.07) is 2.67. The van der Waals surface area contributed by atoms with Crippen molar-refractivity contribution in [3.8, 4) is 0 Å². The molecule has 1 aromatic carbocycles. The number of benzene rings is 1. The van der Waals surface area contributed by atoms with Crippen molar-refractivity contribution >= 4 is 40.5 Å². The molecule has 12 nitrogen and oxygen atoms in total. The van der Waals surface area contributed by atoms with E-state index in [1.807, 2.05) is 52.0 Å². The number of hydrogen-bond donors (Lipinski definition) is 7. The van der Waals surface area contributed by atoms with Gasteiger partial charge in [-0.2, -0.15) is 0 Å². The molecule has 1 heterocycles. The number of para-hydroxylation sites is 1. The van der Waals surface area contributed by atoms with Crippen molar-refractivity contribution in [2.24, 2.45) is 17.6 Å². The van der Waals surface area contributed by atoms with Crippen LogP contribution >= 0.6 is 0 Å². The second-order valence-electron chi connectivity index (χ2n) is 11.4. The molecule has 5 atom stereocenters. The molecule has 0 bridgehead atoms. The molecule has 8 N–H and O–H groups in total. The number of carbonyl (C=O) groups is 5. The minimum Gasteiger partial charge on any atom is -0.480 e. The Hall–Kier alpha value is -3.93. The van der Waals surface area contributed by atoms with Crippen LogP contribution in [-0.2, 0) is 30.4 Å². The lowest BCUT2D eigenvalue weighted by molar-refractivity contribution is -0.142. The third-order valence-corrected chi connectivity index (χ3v) is 6.62. The second kappa shape index (κ2) is 15.2. The summed E-state index contributed by atoms with van der Waals surface area (Å²) in [6.07, 6.45) is 2.58. The average molecular weight is 573 g/mol. The fourth-order valence-corrected chi connectivity index (χ4v) is 4.38. The average Bonchev–Trinajstić information content (AvgIpc) is 3.29. The van der Waals surface area contributed by atoms with E-state index < -0.39 is 59.8 Å². The van der Waals surface area contributed by atoms with Gasteiger partial charge in [0.1, 0.15) is 24.2 Å². The van der Waals surface area contributed by atoms with Crippen LogP contribution in [0.25, 0.3) is 10.9 Å². The molecule has 2 rings (SSSR count). The fraction of sp³-hybridized carbons (Fsp3) is 0.552. The first-order valence-corrected chi connectivity index (χ1v) is 13.9. The summed E-state index contributed by atoms with van der Waals surface area (Å²) < 4.78 is 0. The SMILES string of the molecule is CC(C)C[C@H](NC(=O)[C@H](C)NC(=O)[C@H](CC(C)C)NC(=O)[C@H](C)NC(=O)[C@@H](N)Cc1c[nH]c2ccccc12)C(=O)O. The molecular formula is C29H44N6O6. The van der Waals surface area contributed by atoms with Gasteiger partial charge in [0, 0.05) is 17.1 Å². The summed E-state index contributed by atoms with van der Waals surface area (Å²) >= 11 is 0. The van der Waals surface area contributed by atoms with Crippen LogP contribution in [0.2, 0.25) is 0 Å². The summed E-state index contributed by atoms with van der Waals surface area (Å²) in [6.45, 7) is 10.4. The molecule has 12 heteroatoms. The van der Waals surface area contributed by atoms with E-state index in [2.05, 4.69) is 26.3 Å². The predicted octanol–water partition coefficient (Wildman–Crippen LogP) is 1.19. The highest BCUT2D eigenvalue weighted by Crippen LogP contribution is 2.18. The lowest BCUT2D eigenvalue weighted by Crippen LogP contribution is -2.57. The van der Waals surface area contributed by atoms with Gasteiger partial charge in [0.05, 0.1) is 6.04 Å². The Bertz CT molecular complexity index is 1230. The molecule has 0 spiro atoms. The van der Waals surface area contributed by atoms with E-state index in [4.69, 9.17) is 5.73 Å². The van der Waals surface area contributed by atoms with E-state index in [9.17, 15) is 29.1 Å². The van der Waals surface area contributed by atoms with Gasteiger partial charge in [-0.15, -0.1) is 0 Å². The Morgan fingerprint density at radius 2 is 1.27 bits per heavy atom. The van der Waals surface area contributed by atoms with E-state index in [1.165, 1.54) is 13.8 Å². The van der Waals surface area contributed by atoms with E-state index in [0.717, 1.165) is 16.5 Å². The van der Waals surface area contributed by atoms with E-state index >= 15 is 0 Å². The van der Waals surface area contributed by atoms with Gasteiger partial charge in [-0.05, 0) is 56.6 Å². The van der Waals surface area contributed by atoms with Crippen molar-refractivity contribution in [2.75, 3.05) is 0 Å². The van der Waals surface area contributed by atoms with Crippen LogP contribution in [0, 0.1) is 11.8 Å². The highest BCUT2D eigenvalue weighted by molar-refractivity contribution is 5.95. The van der Waals surface area contributed by atoms with E-state index in [0.29, 0.717) is 0 Å². The maximum Gasteiger partial charge on any atom is 0.326 e. The predicted molar refractivity (Wildman–Crippen MR) is 156 cm³/mol. The summed E-state index contributed by atoms with van der Waals surface area (Å²) in [5.41, 5.74) is 7.94. The zero-order valence-electron chi connectivity index (χ0n) is 24.6. The molecule has 0 saturated heterocycles. The normalized spacial score (nSPS) is 15.0. The van der Waals surface area contributed by atoms with Crippen LogP contribution in [-0.4, -0.2) is 69.9 Å². The number of nitrogens with one attached hydrogen (secondary N) is 5. The van der Waals surface area contributed by atoms with Gasteiger partial charge in [-0.1, -0.05) is 45.9 Å². The first-order valence-electron chi connectivity index (χ1n) is 13.9. The fourth-order valence-electron chi connectivity index (χ4n) is 4.38. The highest BCUT2D eigenvalue weighted by Gasteiger charge is 2.30. The Morgan fingerprint density at radius 3 is 1.83 bits per heavy atom. The third-order valence-electron chi connectivity index (χ3n) is 6.62. The first-order chi connectivity index (χ1) is 19.2. The molecule has 0 aliphatic heterocycles. The molecule has 0 radical (unpaired) electrons. The number of aromatic amines is 1. The topological polar surface area (TPSA) is 196 Å². The number of carboxylic acids is 1. The van der Waals surface area contributed by atoms with Gasteiger partial charge >= 0.3 is 5.97 Å². The second-order valence-corrected chi connectivity index (χ2v) is 11.4. The molecule has 0 aliphatic rings. The number of rotatable bonds is 15. The van der Waals surface area contributed by atoms with Crippen LogP contribution in [0.5, 0.6) is 0 Å². The Balaban J connectivity index is 1.97. The van der Waals surface area contributed by atoms with Crippen LogP contribution in [0.4, 0.5) is 0 Å². The number of carboxylic acid groups (broad SMARTS) is 1. The number of amides is 4. The molecule has 226 valence electrons. The number of hydrogen-bond acceptors (Lipinski definition) is 6. The van der Waals surface area contributed by atoms with Gasteiger partial charge in [0.25, 0.3) is 0 Å². The molecule has 4 amide bonds. The van der Waals surface area contributed by atoms with Crippen molar-refractivity contribution in [3.63, 3.8) is 0 Å². The Morgan fingerprint density at radius 1 is 0.756 bits per heavy atom.